The van der Waals surface area contributed by atoms with Crippen molar-refractivity contribution in [3.05, 3.63) is 76.2 Å². The van der Waals surface area contributed by atoms with E-state index in [9.17, 15) is 14.4 Å². The SMILES string of the molecule is CCOC(=O)c1c(NC(=O)c2ccc(Oc3ccccc3)cc2)sc2c1CCN(C(=O)OC)C2. The maximum absolute atomic E-state index is 13.0. The number of hydrogen-bond donors (Lipinski definition) is 1. The van der Waals surface area contributed by atoms with E-state index < -0.39 is 12.1 Å². The lowest BCUT2D eigenvalue weighted by Crippen LogP contribution is -2.35. The normalized spacial score (nSPS) is 12.5. The molecule has 34 heavy (non-hydrogen) atoms. The van der Waals surface area contributed by atoms with E-state index in [1.54, 1.807) is 36.1 Å². The number of fused-ring (bicyclic) bond motifs is 1. The smallest absolute Gasteiger partial charge is 0.409 e. The highest BCUT2D eigenvalue weighted by atomic mass is 32.1. The topological polar surface area (TPSA) is 94.2 Å². The fourth-order valence-corrected chi connectivity index (χ4v) is 4.92. The van der Waals surface area contributed by atoms with Gasteiger partial charge in [-0.3, -0.25) is 4.79 Å². The molecule has 0 bridgehead atoms. The minimum absolute atomic E-state index is 0.216. The van der Waals surface area contributed by atoms with Crippen LogP contribution in [0.5, 0.6) is 11.5 Å². The fraction of sp³-hybridized carbons (Fsp3) is 0.240. The van der Waals surface area contributed by atoms with Crippen molar-refractivity contribution >= 4 is 34.3 Å². The molecule has 3 aromatic rings. The van der Waals surface area contributed by atoms with E-state index in [1.165, 1.54) is 18.4 Å². The lowest BCUT2D eigenvalue weighted by Gasteiger charge is -2.25. The summed E-state index contributed by atoms with van der Waals surface area (Å²) in [5, 5.41) is 3.26. The molecule has 0 aliphatic carbocycles. The Morgan fingerprint density at radius 1 is 1.03 bits per heavy atom. The zero-order valence-corrected chi connectivity index (χ0v) is 19.6. The molecule has 2 amide bonds. The summed E-state index contributed by atoms with van der Waals surface area (Å²) >= 11 is 1.27. The first kappa shape index (κ1) is 23.3. The van der Waals surface area contributed by atoms with Gasteiger partial charge < -0.3 is 24.4 Å². The lowest BCUT2D eigenvalue weighted by atomic mass is 10.0. The number of ether oxygens (including phenoxy) is 3. The van der Waals surface area contributed by atoms with Crippen LogP contribution in [0.3, 0.4) is 0 Å². The molecule has 1 N–H and O–H groups in total. The fourth-order valence-electron chi connectivity index (χ4n) is 3.67. The number of benzene rings is 2. The Balaban J connectivity index is 1.54. The van der Waals surface area contributed by atoms with Gasteiger partial charge >= 0.3 is 12.1 Å². The second-order valence-electron chi connectivity index (χ2n) is 7.46. The summed E-state index contributed by atoms with van der Waals surface area (Å²) in [4.78, 5) is 40.0. The minimum Gasteiger partial charge on any atom is -0.462 e. The molecule has 1 aliphatic heterocycles. The van der Waals surface area contributed by atoms with E-state index in [2.05, 4.69) is 5.32 Å². The monoisotopic (exact) mass is 480 g/mol. The number of para-hydroxylation sites is 1. The van der Waals surface area contributed by atoms with Gasteiger partial charge in [0.1, 0.15) is 16.5 Å². The maximum Gasteiger partial charge on any atom is 0.409 e. The number of anilines is 1. The molecule has 1 aromatic heterocycles. The summed E-state index contributed by atoms with van der Waals surface area (Å²) in [6.45, 7) is 2.67. The molecule has 4 rings (SSSR count). The molecule has 1 aliphatic rings. The summed E-state index contributed by atoms with van der Waals surface area (Å²) in [6, 6.07) is 16.1. The Morgan fingerprint density at radius 3 is 2.41 bits per heavy atom. The van der Waals surface area contributed by atoms with Crippen LogP contribution in [-0.2, 0) is 22.4 Å². The molecule has 8 nitrogen and oxygen atoms in total. The van der Waals surface area contributed by atoms with Crippen LogP contribution in [0.1, 0.15) is 38.1 Å². The van der Waals surface area contributed by atoms with E-state index >= 15 is 0 Å². The molecule has 0 spiro atoms. The number of methoxy groups -OCH3 is 1. The summed E-state index contributed by atoms with van der Waals surface area (Å²) in [5.74, 6) is 0.446. The maximum atomic E-state index is 13.0. The van der Waals surface area contributed by atoms with Crippen molar-refractivity contribution in [1.29, 1.82) is 0 Å². The van der Waals surface area contributed by atoms with Gasteiger partial charge in [-0.05, 0) is 55.3 Å². The van der Waals surface area contributed by atoms with Crippen molar-refractivity contribution in [1.82, 2.24) is 4.90 Å². The molecular weight excluding hydrogens is 456 g/mol. The van der Waals surface area contributed by atoms with Crippen LogP contribution in [0.15, 0.2) is 54.6 Å². The van der Waals surface area contributed by atoms with Gasteiger partial charge in [-0.25, -0.2) is 9.59 Å². The number of esters is 1. The van der Waals surface area contributed by atoms with Crippen molar-refractivity contribution in [3.8, 4) is 11.5 Å². The van der Waals surface area contributed by atoms with Crippen LogP contribution in [-0.4, -0.2) is 43.1 Å². The van der Waals surface area contributed by atoms with Gasteiger partial charge in [0.05, 0.1) is 25.8 Å². The van der Waals surface area contributed by atoms with Gasteiger partial charge in [-0.1, -0.05) is 18.2 Å². The van der Waals surface area contributed by atoms with E-state index in [1.807, 2.05) is 30.3 Å². The molecular formula is C25H24N2O6S. The molecule has 0 radical (unpaired) electrons. The molecule has 0 unspecified atom stereocenters. The van der Waals surface area contributed by atoms with Crippen molar-refractivity contribution in [2.75, 3.05) is 25.6 Å². The Morgan fingerprint density at radius 2 is 1.74 bits per heavy atom. The Kier molecular flexibility index (Phi) is 7.12. The molecule has 176 valence electrons. The van der Waals surface area contributed by atoms with Crippen molar-refractivity contribution in [3.63, 3.8) is 0 Å². The molecule has 0 saturated carbocycles. The number of hydrogen-bond acceptors (Lipinski definition) is 7. The molecule has 0 saturated heterocycles. The van der Waals surface area contributed by atoms with Crippen LogP contribution < -0.4 is 10.1 Å². The predicted molar refractivity (Wildman–Crippen MR) is 128 cm³/mol. The molecule has 0 atom stereocenters. The highest BCUT2D eigenvalue weighted by Gasteiger charge is 2.31. The van der Waals surface area contributed by atoms with E-state index in [4.69, 9.17) is 14.2 Å². The summed E-state index contributed by atoms with van der Waals surface area (Å²) in [6.07, 6.45) is 0.0383. The Labute approximate surface area is 201 Å². The first-order valence-corrected chi connectivity index (χ1v) is 11.6. The molecule has 9 heteroatoms. The van der Waals surface area contributed by atoms with Crippen molar-refractivity contribution in [2.45, 2.75) is 19.9 Å². The van der Waals surface area contributed by atoms with E-state index in [0.717, 1.165) is 10.4 Å². The van der Waals surface area contributed by atoms with Gasteiger partial charge in [-0.2, -0.15) is 0 Å². The first-order chi connectivity index (χ1) is 16.5. The quantitative estimate of drug-likeness (QED) is 0.494. The summed E-state index contributed by atoms with van der Waals surface area (Å²) < 4.78 is 15.8. The Hall–Kier alpha value is -3.85. The number of amides is 2. The largest absolute Gasteiger partial charge is 0.462 e. The molecule has 2 aromatic carbocycles. The number of rotatable bonds is 6. The van der Waals surface area contributed by atoms with Crippen molar-refractivity contribution < 1.29 is 28.6 Å². The number of thiophene rings is 1. The zero-order valence-electron chi connectivity index (χ0n) is 18.8. The number of carbonyl (C=O) groups is 3. The molecule has 2 heterocycles. The van der Waals surface area contributed by atoms with Crippen LogP contribution in [0.4, 0.5) is 9.80 Å². The predicted octanol–water partition coefficient (Wildman–Crippen LogP) is 5.09. The van der Waals surface area contributed by atoms with Gasteiger partial charge in [-0.15, -0.1) is 11.3 Å². The summed E-state index contributed by atoms with van der Waals surface area (Å²) in [7, 11) is 1.33. The minimum atomic E-state index is -0.492. The summed E-state index contributed by atoms with van der Waals surface area (Å²) in [5.41, 5.74) is 1.56. The highest BCUT2D eigenvalue weighted by Crippen LogP contribution is 2.38. The van der Waals surface area contributed by atoms with Crippen LogP contribution in [0, 0.1) is 0 Å². The first-order valence-electron chi connectivity index (χ1n) is 10.8. The third-order valence-electron chi connectivity index (χ3n) is 5.29. The highest BCUT2D eigenvalue weighted by molar-refractivity contribution is 7.17. The number of nitrogens with one attached hydrogen (secondary N) is 1. The third kappa shape index (κ3) is 5.04. The standard InChI is InChI=1S/C25H24N2O6S/c1-3-32-24(29)21-19-13-14-27(25(30)31-2)15-20(19)34-23(21)26-22(28)16-9-11-18(12-10-16)33-17-7-5-4-6-8-17/h4-12H,3,13-15H2,1-2H3,(H,26,28). The number of nitrogens with zero attached hydrogens (tertiary/aromatic N) is 1. The van der Waals surface area contributed by atoms with Crippen LogP contribution in [0.25, 0.3) is 0 Å². The second-order valence-corrected chi connectivity index (χ2v) is 8.57. The van der Waals surface area contributed by atoms with E-state index in [-0.39, 0.29) is 12.5 Å². The Bertz CT molecular complexity index is 1190. The third-order valence-corrected chi connectivity index (χ3v) is 6.42. The average Bonchev–Trinajstić information content (AvgIpc) is 3.21. The van der Waals surface area contributed by atoms with E-state index in [0.29, 0.717) is 47.1 Å². The second kappa shape index (κ2) is 10.4. The van der Waals surface area contributed by atoms with Gasteiger partial charge in [0.15, 0.2) is 0 Å². The van der Waals surface area contributed by atoms with Crippen molar-refractivity contribution in [2.24, 2.45) is 0 Å². The van der Waals surface area contributed by atoms with Gasteiger partial charge in [0, 0.05) is 17.0 Å². The lowest BCUT2D eigenvalue weighted by molar-refractivity contribution is 0.0526. The van der Waals surface area contributed by atoms with Crippen LogP contribution >= 0.6 is 11.3 Å². The zero-order chi connectivity index (χ0) is 24.1. The number of carbonyl (C=O) groups excluding carboxylic acids is 3. The average molecular weight is 481 g/mol. The van der Waals surface area contributed by atoms with Gasteiger partial charge in [0.25, 0.3) is 5.91 Å². The molecule has 0 fully saturated rings. The van der Waals surface area contributed by atoms with Crippen LogP contribution in [0.2, 0.25) is 0 Å². The van der Waals surface area contributed by atoms with Gasteiger partial charge in [0.2, 0.25) is 0 Å².